The van der Waals surface area contributed by atoms with E-state index in [1.54, 1.807) is 0 Å². The van der Waals surface area contributed by atoms with Crippen LogP contribution in [0.5, 0.6) is 0 Å². The van der Waals surface area contributed by atoms with Gasteiger partial charge in [0, 0.05) is 23.2 Å². The molecule has 0 aliphatic heterocycles. The van der Waals surface area contributed by atoms with Gasteiger partial charge in [0.1, 0.15) is 0 Å². The number of rotatable bonds is 3. The first-order valence-electron chi connectivity index (χ1n) is 6.68. The Morgan fingerprint density at radius 3 is 2.58 bits per heavy atom. The molecule has 0 bridgehead atoms. The minimum absolute atomic E-state index is 0.0523. The zero-order valence-electron chi connectivity index (χ0n) is 11.4. The minimum Gasteiger partial charge on any atom is -0.469 e. The second kappa shape index (κ2) is 6.42. The van der Waals surface area contributed by atoms with E-state index in [0.717, 1.165) is 30.2 Å². The number of halogens is 1. The van der Waals surface area contributed by atoms with E-state index in [0.29, 0.717) is 6.04 Å². The molecule has 0 saturated heterocycles. The number of carbonyl (C=O) groups is 1. The fourth-order valence-corrected chi connectivity index (χ4v) is 3.16. The van der Waals surface area contributed by atoms with E-state index < -0.39 is 0 Å². The monoisotopic (exact) mass is 325 g/mol. The normalized spacial score (nSPS) is 22.9. The molecule has 3 nitrogen and oxygen atoms in total. The minimum atomic E-state index is -0.0523. The second-order valence-electron chi connectivity index (χ2n) is 5.12. The third-order valence-corrected chi connectivity index (χ3v) is 4.49. The molecule has 0 radical (unpaired) electrons. The zero-order chi connectivity index (χ0) is 13.8. The lowest BCUT2D eigenvalue weighted by molar-refractivity contribution is -0.146. The molecule has 1 aliphatic carbocycles. The van der Waals surface area contributed by atoms with Crippen LogP contribution in [0, 0.1) is 5.92 Å². The van der Waals surface area contributed by atoms with Gasteiger partial charge in [-0.25, -0.2) is 0 Å². The highest BCUT2D eigenvalue weighted by atomic mass is 79.9. The summed E-state index contributed by atoms with van der Waals surface area (Å²) in [7, 11) is 3.60. The highest BCUT2D eigenvalue weighted by Crippen LogP contribution is 2.31. The Balaban J connectivity index is 1.96. The summed E-state index contributed by atoms with van der Waals surface area (Å²) in [6, 6.07) is 8.85. The molecule has 1 aromatic rings. The summed E-state index contributed by atoms with van der Waals surface area (Å²) in [5.74, 6) is 0.0423. The molecule has 4 heteroatoms. The summed E-state index contributed by atoms with van der Waals surface area (Å²) in [5.41, 5.74) is 1.22. The molecule has 1 fully saturated rings. The van der Waals surface area contributed by atoms with Gasteiger partial charge in [-0.05, 0) is 43.9 Å². The Bertz CT molecular complexity index is 442. The first-order valence-corrected chi connectivity index (χ1v) is 7.47. The smallest absolute Gasteiger partial charge is 0.308 e. The van der Waals surface area contributed by atoms with Gasteiger partial charge >= 0.3 is 5.97 Å². The van der Waals surface area contributed by atoms with E-state index >= 15 is 0 Å². The summed E-state index contributed by atoms with van der Waals surface area (Å²) in [6.45, 7) is 0. The topological polar surface area (TPSA) is 29.5 Å². The van der Waals surface area contributed by atoms with Crippen LogP contribution in [0.2, 0.25) is 0 Å². The number of hydrogen-bond donors (Lipinski definition) is 0. The maximum absolute atomic E-state index is 11.5. The maximum Gasteiger partial charge on any atom is 0.308 e. The molecular formula is C15H20BrNO2. The van der Waals surface area contributed by atoms with E-state index in [1.165, 1.54) is 12.8 Å². The predicted octanol–water partition coefficient (Wildman–Crippen LogP) is 3.62. The average molecular weight is 326 g/mol. The molecule has 0 spiro atoms. The number of ether oxygens (including phenoxy) is 1. The van der Waals surface area contributed by atoms with Gasteiger partial charge in [0.2, 0.25) is 0 Å². The van der Waals surface area contributed by atoms with Crippen LogP contribution in [0.15, 0.2) is 28.7 Å². The summed E-state index contributed by atoms with van der Waals surface area (Å²) >= 11 is 3.50. The summed E-state index contributed by atoms with van der Waals surface area (Å²) in [6.07, 6.45) is 3.94. The van der Waals surface area contributed by atoms with Crippen LogP contribution in [0.1, 0.15) is 25.7 Å². The lowest BCUT2D eigenvalue weighted by Crippen LogP contribution is -2.36. The molecule has 1 saturated carbocycles. The molecule has 1 aromatic carbocycles. The van der Waals surface area contributed by atoms with Gasteiger partial charge in [0.25, 0.3) is 0 Å². The van der Waals surface area contributed by atoms with E-state index in [9.17, 15) is 4.79 Å². The van der Waals surface area contributed by atoms with Crippen molar-refractivity contribution in [2.75, 3.05) is 19.1 Å². The van der Waals surface area contributed by atoms with E-state index in [2.05, 4.69) is 46.1 Å². The quantitative estimate of drug-likeness (QED) is 0.795. The first-order chi connectivity index (χ1) is 9.11. The Kier molecular flexibility index (Phi) is 4.86. The van der Waals surface area contributed by atoms with Gasteiger partial charge in [0.15, 0.2) is 0 Å². The van der Waals surface area contributed by atoms with Crippen molar-refractivity contribution < 1.29 is 9.53 Å². The Morgan fingerprint density at radius 2 is 2.00 bits per heavy atom. The van der Waals surface area contributed by atoms with Crippen LogP contribution in [0.3, 0.4) is 0 Å². The molecular weight excluding hydrogens is 306 g/mol. The zero-order valence-corrected chi connectivity index (χ0v) is 13.0. The van der Waals surface area contributed by atoms with Gasteiger partial charge in [-0.1, -0.05) is 22.0 Å². The molecule has 104 valence electrons. The molecule has 0 atom stereocenters. The van der Waals surface area contributed by atoms with Crippen molar-refractivity contribution in [3.63, 3.8) is 0 Å². The number of methoxy groups -OCH3 is 1. The molecule has 0 amide bonds. The van der Waals surface area contributed by atoms with Crippen LogP contribution >= 0.6 is 15.9 Å². The summed E-state index contributed by atoms with van der Waals surface area (Å²) in [4.78, 5) is 13.8. The molecule has 0 aromatic heterocycles. The van der Waals surface area contributed by atoms with Crippen LogP contribution in [0.4, 0.5) is 5.69 Å². The fourth-order valence-electron chi connectivity index (χ4n) is 2.77. The molecule has 0 N–H and O–H groups in total. The lowest BCUT2D eigenvalue weighted by atomic mass is 9.85. The van der Waals surface area contributed by atoms with Crippen molar-refractivity contribution >= 4 is 27.6 Å². The first kappa shape index (κ1) is 14.4. The Hall–Kier alpha value is -1.03. The van der Waals surface area contributed by atoms with E-state index in [4.69, 9.17) is 4.74 Å². The summed E-state index contributed by atoms with van der Waals surface area (Å²) in [5, 5.41) is 0. The SMILES string of the molecule is COC(=O)C1CCC(N(C)c2cccc(Br)c2)CC1. The average Bonchev–Trinajstić information content (AvgIpc) is 2.46. The highest BCUT2D eigenvalue weighted by molar-refractivity contribution is 9.10. The number of hydrogen-bond acceptors (Lipinski definition) is 3. The van der Waals surface area contributed by atoms with Gasteiger partial charge in [-0.3, -0.25) is 4.79 Å². The van der Waals surface area contributed by atoms with Crippen molar-refractivity contribution in [3.8, 4) is 0 Å². The standard InChI is InChI=1S/C15H20BrNO2/c1-17(14-5-3-4-12(16)10-14)13-8-6-11(7-9-13)15(18)19-2/h3-5,10-11,13H,6-9H2,1-2H3. The Morgan fingerprint density at radius 1 is 1.32 bits per heavy atom. The Labute approximate surface area is 123 Å². The van der Waals surface area contributed by atoms with E-state index in [1.807, 2.05) is 6.07 Å². The molecule has 1 aliphatic rings. The number of benzene rings is 1. The second-order valence-corrected chi connectivity index (χ2v) is 6.04. The maximum atomic E-state index is 11.5. The van der Waals surface area contributed by atoms with Gasteiger partial charge in [0.05, 0.1) is 13.0 Å². The van der Waals surface area contributed by atoms with Gasteiger partial charge in [-0.15, -0.1) is 0 Å². The molecule has 0 unspecified atom stereocenters. The third-order valence-electron chi connectivity index (χ3n) is 3.99. The van der Waals surface area contributed by atoms with Gasteiger partial charge < -0.3 is 9.64 Å². The molecule has 0 heterocycles. The largest absolute Gasteiger partial charge is 0.469 e. The summed E-state index contributed by atoms with van der Waals surface area (Å²) < 4.78 is 5.92. The van der Waals surface area contributed by atoms with E-state index in [-0.39, 0.29) is 11.9 Å². The van der Waals surface area contributed by atoms with Gasteiger partial charge in [-0.2, -0.15) is 0 Å². The van der Waals surface area contributed by atoms with Crippen molar-refractivity contribution in [3.05, 3.63) is 28.7 Å². The van der Waals surface area contributed by atoms with Crippen molar-refractivity contribution in [1.29, 1.82) is 0 Å². The third kappa shape index (κ3) is 3.50. The number of nitrogens with zero attached hydrogens (tertiary/aromatic N) is 1. The van der Waals surface area contributed by atoms with Crippen LogP contribution in [-0.4, -0.2) is 26.2 Å². The fraction of sp³-hybridized carbons (Fsp3) is 0.533. The predicted molar refractivity (Wildman–Crippen MR) is 80.3 cm³/mol. The number of anilines is 1. The highest BCUT2D eigenvalue weighted by Gasteiger charge is 2.28. The van der Waals surface area contributed by atoms with Crippen molar-refractivity contribution in [2.45, 2.75) is 31.7 Å². The van der Waals surface area contributed by atoms with Crippen LogP contribution in [0.25, 0.3) is 0 Å². The number of carbonyl (C=O) groups excluding carboxylic acids is 1. The van der Waals surface area contributed by atoms with Crippen LogP contribution in [-0.2, 0) is 9.53 Å². The van der Waals surface area contributed by atoms with Crippen molar-refractivity contribution in [1.82, 2.24) is 0 Å². The molecule has 19 heavy (non-hydrogen) atoms. The van der Waals surface area contributed by atoms with Crippen LogP contribution < -0.4 is 4.90 Å². The lowest BCUT2D eigenvalue weighted by Gasteiger charge is -2.35. The van der Waals surface area contributed by atoms with Crippen molar-refractivity contribution in [2.24, 2.45) is 5.92 Å². The molecule has 2 rings (SSSR count). The number of esters is 1.